The van der Waals surface area contributed by atoms with Crippen LogP contribution < -0.4 is 11.1 Å². The molecule has 0 saturated heterocycles. The van der Waals surface area contributed by atoms with E-state index in [-0.39, 0.29) is 6.04 Å². The van der Waals surface area contributed by atoms with E-state index in [0.29, 0.717) is 23.5 Å². The Morgan fingerprint density at radius 3 is 2.86 bits per heavy atom. The summed E-state index contributed by atoms with van der Waals surface area (Å²) in [5.41, 5.74) is 8.24. The van der Waals surface area contributed by atoms with Crippen LogP contribution in [0.2, 0.25) is 0 Å². The maximum atomic E-state index is 11.8. The van der Waals surface area contributed by atoms with Gasteiger partial charge in [-0.3, -0.25) is 4.68 Å². The van der Waals surface area contributed by atoms with Crippen LogP contribution in [0.5, 0.6) is 0 Å². The Morgan fingerprint density at radius 2 is 2.24 bits per heavy atom. The van der Waals surface area contributed by atoms with Crippen LogP contribution in [0.25, 0.3) is 0 Å². The van der Waals surface area contributed by atoms with Crippen molar-refractivity contribution in [2.75, 3.05) is 17.7 Å². The van der Waals surface area contributed by atoms with Crippen LogP contribution in [0.4, 0.5) is 17.1 Å². The summed E-state index contributed by atoms with van der Waals surface area (Å²) in [6.45, 7) is 6.17. The van der Waals surface area contributed by atoms with Crippen LogP contribution in [-0.2, 0) is 4.74 Å². The second-order valence-electron chi connectivity index (χ2n) is 4.92. The van der Waals surface area contributed by atoms with Gasteiger partial charge in [0.05, 0.1) is 35.4 Å². The van der Waals surface area contributed by atoms with Crippen LogP contribution >= 0.6 is 0 Å². The molecule has 2 aromatic rings. The van der Waals surface area contributed by atoms with Crippen molar-refractivity contribution in [1.29, 1.82) is 0 Å². The van der Waals surface area contributed by atoms with Crippen molar-refractivity contribution < 1.29 is 9.53 Å². The number of para-hydroxylation sites is 1. The molecule has 0 fully saturated rings. The normalized spacial score (nSPS) is 10.7. The van der Waals surface area contributed by atoms with Gasteiger partial charge in [0.1, 0.15) is 0 Å². The van der Waals surface area contributed by atoms with Crippen LogP contribution in [-0.4, -0.2) is 22.4 Å². The quantitative estimate of drug-likeness (QED) is 0.653. The zero-order chi connectivity index (χ0) is 15.4. The third-order valence-corrected chi connectivity index (χ3v) is 3.01. The molecule has 0 aliphatic heterocycles. The number of benzene rings is 1. The predicted octanol–water partition coefficient (Wildman–Crippen LogP) is 2.97. The summed E-state index contributed by atoms with van der Waals surface area (Å²) in [6.07, 6.45) is 3.61. The first-order valence-electron chi connectivity index (χ1n) is 6.89. The van der Waals surface area contributed by atoms with Crippen molar-refractivity contribution in [2.45, 2.75) is 26.8 Å². The standard InChI is InChI=1S/C15H20N4O2/c1-4-21-15(20)12-6-5-7-13(14(12)16)18-11-8-17-19(9-11)10(2)3/h5-10,18H,4,16H2,1-3H3. The number of anilines is 3. The Bertz CT molecular complexity index is 634. The van der Waals surface area contributed by atoms with Crippen molar-refractivity contribution in [3.05, 3.63) is 36.2 Å². The summed E-state index contributed by atoms with van der Waals surface area (Å²) in [6, 6.07) is 5.50. The molecule has 1 aromatic heterocycles. The van der Waals surface area contributed by atoms with E-state index in [1.807, 2.05) is 30.8 Å². The number of rotatable bonds is 5. The van der Waals surface area contributed by atoms with Crippen molar-refractivity contribution in [2.24, 2.45) is 0 Å². The van der Waals surface area contributed by atoms with Gasteiger partial charge in [-0.1, -0.05) is 6.07 Å². The number of carbonyl (C=O) groups is 1. The fraction of sp³-hybridized carbons (Fsp3) is 0.333. The molecule has 0 radical (unpaired) electrons. The Kier molecular flexibility index (Phi) is 4.47. The maximum Gasteiger partial charge on any atom is 0.340 e. The van der Waals surface area contributed by atoms with Crippen molar-refractivity contribution >= 4 is 23.0 Å². The first-order chi connectivity index (χ1) is 10.0. The lowest BCUT2D eigenvalue weighted by Gasteiger charge is -2.11. The molecule has 0 unspecified atom stereocenters. The summed E-state index contributed by atoms with van der Waals surface area (Å²) >= 11 is 0. The van der Waals surface area contributed by atoms with Gasteiger partial charge in [-0.2, -0.15) is 5.10 Å². The summed E-state index contributed by atoms with van der Waals surface area (Å²) in [4.78, 5) is 11.8. The van der Waals surface area contributed by atoms with E-state index in [4.69, 9.17) is 10.5 Å². The lowest BCUT2D eigenvalue weighted by atomic mass is 10.1. The molecule has 6 heteroatoms. The van der Waals surface area contributed by atoms with E-state index in [1.165, 1.54) is 0 Å². The van der Waals surface area contributed by atoms with Gasteiger partial charge < -0.3 is 15.8 Å². The molecule has 0 spiro atoms. The highest BCUT2D eigenvalue weighted by Crippen LogP contribution is 2.27. The first kappa shape index (κ1) is 14.9. The van der Waals surface area contributed by atoms with Crippen LogP contribution in [0, 0.1) is 0 Å². The van der Waals surface area contributed by atoms with Crippen molar-refractivity contribution in [3.8, 4) is 0 Å². The molecule has 0 amide bonds. The second kappa shape index (κ2) is 6.30. The zero-order valence-corrected chi connectivity index (χ0v) is 12.5. The summed E-state index contributed by atoms with van der Waals surface area (Å²) in [5, 5.41) is 7.42. The number of nitrogens with zero attached hydrogens (tertiary/aromatic N) is 2. The highest BCUT2D eigenvalue weighted by molar-refractivity contribution is 5.98. The average Bonchev–Trinajstić information content (AvgIpc) is 2.90. The maximum absolute atomic E-state index is 11.8. The number of nitrogens with two attached hydrogens (primary N) is 1. The number of nitrogens with one attached hydrogen (secondary N) is 1. The van der Waals surface area contributed by atoms with E-state index in [2.05, 4.69) is 10.4 Å². The average molecular weight is 288 g/mol. The van der Waals surface area contributed by atoms with Gasteiger partial charge in [0.2, 0.25) is 0 Å². The third-order valence-electron chi connectivity index (χ3n) is 3.01. The second-order valence-corrected chi connectivity index (χ2v) is 4.92. The van der Waals surface area contributed by atoms with E-state index in [9.17, 15) is 4.79 Å². The molecule has 0 saturated carbocycles. The number of esters is 1. The molecule has 21 heavy (non-hydrogen) atoms. The molecule has 0 bridgehead atoms. The molecule has 1 heterocycles. The molecule has 0 aliphatic carbocycles. The Labute approximate surface area is 123 Å². The minimum atomic E-state index is -0.420. The van der Waals surface area contributed by atoms with Crippen molar-refractivity contribution in [1.82, 2.24) is 9.78 Å². The van der Waals surface area contributed by atoms with Crippen LogP contribution in [0.3, 0.4) is 0 Å². The highest BCUT2D eigenvalue weighted by atomic mass is 16.5. The molecule has 3 N–H and O–H groups in total. The largest absolute Gasteiger partial charge is 0.462 e. The first-order valence-corrected chi connectivity index (χ1v) is 6.89. The van der Waals surface area contributed by atoms with Crippen LogP contribution in [0.15, 0.2) is 30.6 Å². The molecule has 0 aliphatic rings. The molecule has 112 valence electrons. The van der Waals surface area contributed by atoms with Gasteiger partial charge >= 0.3 is 5.97 Å². The minimum absolute atomic E-state index is 0.281. The van der Waals surface area contributed by atoms with E-state index < -0.39 is 5.97 Å². The van der Waals surface area contributed by atoms with Crippen molar-refractivity contribution in [3.63, 3.8) is 0 Å². The van der Waals surface area contributed by atoms with Gasteiger partial charge in [0, 0.05) is 12.2 Å². The lowest BCUT2D eigenvalue weighted by molar-refractivity contribution is 0.0527. The predicted molar refractivity (Wildman–Crippen MR) is 82.7 cm³/mol. The molecular weight excluding hydrogens is 268 g/mol. The smallest absolute Gasteiger partial charge is 0.340 e. The SMILES string of the molecule is CCOC(=O)c1cccc(Nc2cnn(C(C)C)c2)c1N. The van der Waals surface area contributed by atoms with E-state index >= 15 is 0 Å². The summed E-state index contributed by atoms with van der Waals surface area (Å²) < 4.78 is 6.83. The lowest BCUT2D eigenvalue weighted by Crippen LogP contribution is -2.09. The number of hydrogen-bond donors (Lipinski definition) is 2. The zero-order valence-electron chi connectivity index (χ0n) is 12.5. The van der Waals surface area contributed by atoms with Gasteiger partial charge in [-0.25, -0.2) is 4.79 Å². The van der Waals surface area contributed by atoms with Gasteiger partial charge in [0.15, 0.2) is 0 Å². The summed E-state index contributed by atoms with van der Waals surface area (Å²) in [5.74, 6) is -0.420. The molecular formula is C15H20N4O2. The third kappa shape index (κ3) is 3.34. The Balaban J connectivity index is 2.23. The number of aromatic nitrogens is 2. The minimum Gasteiger partial charge on any atom is -0.462 e. The molecule has 6 nitrogen and oxygen atoms in total. The topological polar surface area (TPSA) is 82.2 Å². The number of nitrogen functional groups attached to an aromatic ring is 1. The number of ether oxygens (including phenoxy) is 1. The Hall–Kier alpha value is -2.50. The highest BCUT2D eigenvalue weighted by Gasteiger charge is 2.14. The summed E-state index contributed by atoms with van der Waals surface area (Å²) in [7, 11) is 0. The monoisotopic (exact) mass is 288 g/mol. The fourth-order valence-electron chi connectivity index (χ4n) is 1.90. The van der Waals surface area contributed by atoms with E-state index in [1.54, 1.807) is 25.3 Å². The molecule has 0 atom stereocenters. The number of carbonyl (C=O) groups excluding carboxylic acids is 1. The van der Waals surface area contributed by atoms with Gasteiger partial charge in [0.25, 0.3) is 0 Å². The number of hydrogen-bond acceptors (Lipinski definition) is 5. The molecule has 2 rings (SSSR count). The van der Waals surface area contributed by atoms with Gasteiger partial charge in [-0.05, 0) is 32.9 Å². The van der Waals surface area contributed by atoms with Gasteiger partial charge in [-0.15, -0.1) is 0 Å². The Morgan fingerprint density at radius 1 is 1.48 bits per heavy atom. The van der Waals surface area contributed by atoms with Crippen LogP contribution in [0.1, 0.15) is 37.2 Å². The molecule has 1 aromatic carbocycles. The van der Waals surface area contributed by atoms with E-state index in [0.717, 1.165) is 5.69 Å². The fourth-order valence-corrected chi connectivity index (χ4v) is 1.90.